The second-order valence-electron chi connectivity index (χ2n) is 11.6. The minimum absolute atomic E-state index is 0.0213. The lowest BCUT2D eigenvalue weighted by Gasteiger charge is -2.27. The van der Waals surface area contributed by atoms with Gasteiger partial charge in [0.15, 0.2) is 23.2 Å². The number of esters is 1. The van der Waals surface area contributed by atoms with Crippen molar-refractivity contribution in [3.63, 3.8) is 0 Å². The second kappa shape index (κ2) is 14.6. The fraction of sp³-hybridized carbons (Fsp3) is 0.324. The highest BCUT2D eigenvalue weighted by Crippen LogP contribution is 2.27. The summed E-state index contributed by atoms with van der Waals surface area (Å²) in [6, 6.07) is 7.60. The summed E-state index contributed by atoms with van der Waals surface area (Å²) in [5.41, 5.74) is 0.0385. The zero-order chi connectivity index (χ0) is 34.5. The Morgan fingerprint density at radius 1 is 1.02 bits per heavy atom. The van der Waals surface area contributed by atoms with Crippen LogP contribution in [0.5, 0.6) is 5.75 Å². The number of nitrogens with one attached hydrogen (secondary N) is 1. The third-order valence-electron chi connectivity index (χ3n) is 7.36. The minimum Gasteiger partial charge on any atom is -0.479 e. The summed E-state index contributed by atoms with van der Waals surface area (Å²) in [6.45, 7) is 5.52. The second-order valence-corrected chi connectivity index (χ2v) is 11.6. The Balaban J connectivity index is 1.59. The number of nitrogens with zero attached hydrogens (tertiary/aromatic N) is 2. The number of carbonyl (C=O) groups excluding carboxylic acids is 3. The van der Waals surface area contributed by atoms with E-state index >= 15 is 0 Å². The molecule has 0 bridgehead atoms. The highest BCUT2D eigenvalue weighted by molar-refractivity contribution is 5.94. The van der Waals surface area contributed by atoms with Gasteiger partial charge in [0.2, 0.25) is 17.5 Å². The molecule has 2 heterocycles. The molecule has 0 spiro atoms. The van der Waals surface area contributed by atoms with Gasteiger partial charge >= 0.3 is 5.97 Å². The van der Waals surface area contributed by atoms with Crippen molar-refractivity contribution in [3.05, 3.63) is 106 Å². The van der Waals surface area contributed by atoms with Crippen molar-refractivity contribution in [1.82, 2.24) is 14.9 Å². The van der Waals surface area contributed by atoms with Crippen LogP contribution in [0.4, 0.5) is 17.6 Å². The van der Waals surface area contributed by atoms with Gasteiger partial charge in [-0.2, -0.15) is 8.78 Å². The summed E-state index contributed by atoms with van der Waals surface area (Å²) in [4.78, 5) is 57.4. The normalized spacial score (nSPS) is 12.8. The molecule has 47 heavy (non-hydrogen) atoms. The van der Waals surface area contributed by atoms with Gasteiger partial charge in [0.25, 0.3) is 5.56 Å². The van der Waals surface area contributed by atoms with E-state index in [-0.39, 0.29) is 18.9 Å². The first kappa shape index (κ1) is 34.8. The van der Waals surface area contributed by atoms with Crippen molar-refractivity contribution >= 4 is 28.4 Å². The molecule has 0 aliphatic rings. The molecule has 248 valence electrons. The van der Waals surface area contributed by atoms with Crippen LogP contribution in [0.25, 0.3) is 10.8 Å². The monoisotopic (exact) mass is 655 g/mol. The lowest BCUT2D eigenvalue weighted by Crippen LogP contribution is -2.48. The van der Waals surface area contributed by atoms with Gasteiger partial charge in [-0.1, -0.05) is 30.7 Å². The topological polar surface area (TPSA) is 117 Å². The van der Waals surface area contributed by atoms with E-state index in [0.717, 1.165) is 11.1 Å². The van der Waals surface area contributed by atoms with Gasteiger partial charge < -0.3 is 19.4 Å². The number of benzene rings is 2. The Labute approximate surface area is 267 Å². The van der Waals surface area contributed by atoms with Crippen molar-refractivity contribution < 1.29 is 41.4 Å². The van der Waals surface area contributed by atoms with Gasteiger partial charge in [0.05, 0.1) is 6.42 Å². The molecule has 9 nitrogen and oxygen atoms in total. The van der Waals surface area contributed by atoms with E-state index in [0.29, 0.717) is 10.8 Å². The third-order valence-corrected chi connectivity index (χ3v) is 7.36. The average Bonchev–Trinajstić information content (AvgIpc) is 3.01. The summed E-state index contributed by atoms with van der Waals surface area (Å²) in [5.74, 6) is -11.5. The molecule has 0 saturated heterocycles. The number of aryl methyl sites for hydroxylation is 1. The first-order valence-corrected chi connectivity index (χ1v) is 14.7. The van der Waals surface area contributed by atoms with Gasteiger partial charge in [0, 0.05) is 36.5 Å². The van der Waals surface area contributed by atoms with Gasteiger partial charge in [0.1, 0.15) is 24.3 Å². The molecule has 0 fully saturated rings. The standard InChI is InChI=1S/C34H33F4N3O6/c1-5-26(41-12-10-21-9-8-19(2)13-22(21)33(41)45)32(44)40-25(15-28(43)47-34(3,4)16-20-7-6-11-39-17-20)27(42)18-46-31-29(37)23(35)14-24(36)30(31)38/h6-14,17,25-26H,5,15-16,18H2,1-4H3,(H,40,44)/t25?,26-/m0/s1. The van der Waals surface area contributed by atoms with Crippen molar-refractivity contribution in [1.29, 1.82) is 0 Å². The third kappa shape index (κ3) is 8.40. The van der Waals surface area contributed by atoms with Gasteiger partial charge in [-0.25, -0.2) is 8.78 Å². The number of Topliss-reactive ketones (excluding diaryl/α,β-unsaturated/α-hetero) is 1. The number of amides is 1. The Morgan fingerprint density at radius 2 is 1.72 bits per heavy atom. The summed E-state index contributed by atoms with van der Waals surface area (Å²) < 4.78 is 67.4. The average molecular weight is 656 g/mol. The number of ketones is 1. The van der Waals surface area contributed by atoms with Gasteiger partial charge in [-0.05, 0) is 56.3 Å². The summed E-state index contributed by atoms with van der Waals surface area (Å²) in [7, 11) is 0. The van der Waals surface area contributed by atoms with E-state index in [4.69, 9.17) is 9.47 Å². The Morgan fingerprint density at radius 3 is 2.36 bits per heavy atom. The Hall–Kier alpha value is -5.07. The first-order chi connectivity index (χ1) is 22.2. The Kier molecular flexibility index (Phi) is 10.8. The zero-order valence-electron chi connectivity index (χ0n) is 26.1. The van der Waals surface area contributed by atoms with Crippen LogP contribution in [0.15, 0.2) is 65.8 Å². The number of rotatable bonds is 13. The van der Waals surface area contributed by atoms with E-state index in [1.54, 1.807) is 63.5 Å². The van der Waals surface area contributed by atoms with Gasteiger partial charge in [-0.15, -0.1) is 0 Å². The van der Waals surface area contributed by atoms with Crippen molar-refractivity contribution in [2.24, 2.45) is 0 Å². The van der Waals surface area contributed by atoms with E-state index in [1.807, 2.05) is 13.0 Å². The van der Waals surface area contributed by atoms with E-state index in [9.17, 15) is 36.7 Å². The predicted molar refractivity (Wildman–Crippen MR) is 164 cm³/mol. The first-order valence-electron chi connectivity index (χ1n) is 14.7. The zero-order valence-corrected chi connectivity index (χ0v) is 26.1. The number of pyridine rings is 2. The van der Waals surface area contributed by atoms with Crippen LogP contribution in [-0.4, -0.2) is 45.5 Å². The van der Waals surface area contributed by atoms with E-state index < -0.39 is 82.9 Å². The number of hydrogen-bond donors (Lipinski definition) is 1. The quantitative estimate of drug-likeness (QED) is 0.118. The maximum Gasteiger partial charge on any atom is 0.308 e. The van der Waals surface area contributed by atoms with Gasteiger partial charge in [-0.3, -0.25) is 24.2 Å². The number of ether oxygens (including phenoxy) is 2. The number of halogens is 4. The summed E-state index contributed by atoms with van der Waals surface area (Å²) in [6.07, 6.45) is 4.22. The molecule has 4 rings (SSSR count). The fourth-order valence-corrected chi connectivity index (χ4v) is 5.10. The minimum atomic E-state index is -1.87. The smallest absolute Gasteiger partial charge is 0.308 e. The fourth-order valence-electron chi connectivity index (χ4n) is 5.10. The molecule has 0 aliphatic heterocycles. The molecule has 1 unspecified atom stereocenters. The number of carbonyl (C=O) groups is 3. The number of fused-ring (bicyclic) bond motifs is 1. The van der Waals surface area contributed by atoms with E-state index in [2.05, 4.69) is 10.3 Å². The molecule has 0 saturated carbocycles. The van der Waals surface area contributed by atoms with Crippen molar-refractivity contribution in [2.45, 2.75) is 64.6 Å². The van der Waals surface area contributed by atoms with Crippen LogP contribution in [0, 0.1) is 30.2 Å². The molecule has 0 aliphatic carbocycles. The molecule has 2 aromatic heterocycles. The molecule has 13 heteroatoms. The molecule has 4 aromatic rings. The van der Waals surface area contributed by atoms with E-state index in [1.165, 1.54) is 10.8 Å². The molecule has 0 radical (unpaired) electrons. The SMILES string of the molecule is CC[C@@H](C(=O)NC(CC(=O)OC(C)(C)Cc1cccnc1)C(=O)COc1c(F)c(F)cc(F)c1F)n1ccc2ccc(C)cc2c1=O. The highest BCUT2D eigenvalue weighted by atomic mass is 19.2. The predicted octanol–water partition coefficient (Wildman–Crippen LogP) is 5.30. The maximum atomic E-state index is 14.2. The molecule has 1 amide bonds. The molecular formula is C34H33F4N3O6. The van der Waals surface area contributed by atoms with Crippen molar-refractivity contribution in [2.75, 3.05) is 6.61 Å². The van der Waals surface area contributed by atoms with Crippen LogP contribution in [-0.2, 0) is 25.5 Å². The summed E-state index contributed by atoms with van der Waals surface area (Å²) in [5, 5.41) is 3.45. The lowest BCUT2D eigenvalue weighted by molar-refractivity contribution is -0.158. The maximum absolute atomic E-state index is 14.2. The van der Waals surface area contributed by atoms with Crippen LogP contribution >= 0.6 is 0 Å². The summed E-state index contributed by atoms with van der Waals surface area (Å²) >= 11 is 0. The molecular weight excluding hydrogens is 622 g/mol. The number of aromatic nitrogens is 2. The van der Waals surface area contributed by atoms with Crippen LogP contribution in [0.1, 0.15) is 50.8 Å². The molecule has 2 aromatic carbocycles. The van der Waals surface area contributed by atoms with Crippen molar-refractivity contribution in [3.8, 4) is 5.75 Å². The van der Waals surface area contributed by atoms with Crippen LogP contribution in [0.2, 0.25) is 0 Å². The molecule has 2 atom stereocenters. The van der Waals surface area contributed by atoms with Crippen LogP contribution in [0.3, 0.4) is 0 Å². The number of hydrogen-bond acceptors (Lipinski definition) is 7. The van der Waals surface area contributed by atoms with Crippen LogP contribution < -0.4 is 15.6 Å². The Bertz CT molecular complexity index is 1840. The largest absolute Gasteiger partial charge is 0.479 e. The lowest BCUT2D eigenvalue weighted by atomic mass is 9.99. The molecule has 1 N–H and O–H groups in total. The highest BCUT2D eigenvalue weighted by Gasteiger charge is 2.32.